The van der Waals surface area contributed by atoms with E-state index in [1.807, 2.05) is 0 Å². The molecule has 11 heteroatoms. The zero-order valence-corrected chi connectivity index (χ0v) is 18.9. The van der Waals surface area contributed by atoms with E-state index in [-0.39, 0.29) is 29.9 Å². The van der Waals surface area contributed by atoms with Crippen molar-refractivity contribution in [3.05, 3.63) is 58.7 Å². The number of aromatic hydroxyl groups is 1. The lowest BCUT2D eigenvalue weighted by molar-refractivity contribution is -0.298. The maximum absolute atomic E-state index is 12.4. The van der Waals surface area contributed by atoms with Crippen LogP contribution in [-0.4, -0.2) is 92.6 Å². The number of carboxylic acids is 1. The molecule has 3 rings (SSSR count). The van der Waals surface area contributed by atoms with E-state index < -0.39 is 55.4 Å². The molecule has 1 heterocycles. The average molecular weight is 492 g/mol. The maximum Gasteiger partial charge on any atom is 0.336 e. The Balaban J connectivity index is 1.69. The number of esters is 1. The third-order valence-corrected chi connectivity index (χ3v) is 5.74. The summed E-state index contributed by atoms with van der Waals surface area (Å²) in [6.45, 7) is 0.710. The van der Waals surface area contributed by atoms with E-state index in [4.69, 9.17) is 14.2 Å². The number of aliphatic hydroxyl groups is 4. The standard InChI is InChI=1S/C24H28O11/c1-12-10-16(34-18(27)7-4-13-2-5-14(26)6-3-13)15(19(12)23(31)32)8-9-33-24-22(30)21(29)20(28)17(11-25)35-24/h2-8,16-17,20-22,24-26,28-30H,9-11H2,1H3,(H,31,32)/t16-,17+,20+,21-,22+,24-/m0/s1. The lowest BCUT2D eigenvalue weighted by atomic mass is 9.99. The monoisotopic (exact) mass is 492 g/mol. The topological polar surface area (TPSA) is 183 Å². The molecule has 1 fully saturated rings. The first-order valence-corrected chi connectivity index (χ1v) is 10.9. The summed E-state index contributed by atoms with van der Waals surface area (Å²) in [6, 6.07) is 6.13. The van der Waals surface area contributed by atoms with Crippen LogP contribution in [-0.2, 0) is 23.8 Å². The largest absolute Gasteiger partial charge is 0.508 e. The van der Waals surface area contributed by atoms with Crippen molar-refractivity contribution < 1.29 is 54.4 Å². The minimum atomic E-state index is -1.61. The minimum Gasteiger partial charge on any atom is -0.508 e. The summed E-state index contributed by atoms with van der Waals surface area (Å²) in [6.07, 6.45) is -3.99. The number of phenolic OH excluding ortho intramolecular Hbond substituents is 1. The summed E-state index contributed by atoms with van der Waals surface area (Å²) < 4.78 is 16.1. The fourth-order valence-corrected chi connectivity index (χ4v) is 3.91. The zero-order chi connectivity index (χ0) is 25.7. The first kappa shape index (κ1) is 26.5. The molecular weight excluding hydrogens is 464 g/mol. The van der Waals surface area contributed by atoms with Crippen molar-refractivity contribution >= 4 is 18.0 Å². The number of benzene rings is 1. The van der Waals surface area contributed by atoms with Crippen LogP contribution in [0.25, 0.3) is 6.08 Å². The van der Waals surface area contributed by atoms with E-state index in [0.29, 0.717) is 11.1 Å². The molecule has 0 unspecified atom stereocenters. The van der Waals surface area contributed by atoms with Gasteiger partial charge in [0, 0.05) is 18.1 Å². The minimum absolute atomic E-state index is 0.0253. The molecule has 1 aliphatic carbocycles. The van der Waals surface area contributed by atoms with Gasteiger partial charge in [0.2, 0.25) is 0 Å². The summed E-state index contributed by atoms with van der Waals surface area (Å²) in [4.78, 5) is 24.2. The second-order valence-electron chi connectivity index (χ2n) is 8.21. The van der Waals surface area contributed by atoms with Gasteiger partial charge in [0.15, 0.2) is 6.29 Å². The molecule has 35 heavy (non-hydrogen) atoms. The third kappa shape index (κ3) is 6.34. The Morgan fingerprint density at radius 2 is 1.80 bits per heavy atom. The molecule has 1 aromatic rings. The smallest absolute Gasteiger partial charge is 0.336 e. The number of aliphatic hydroxyl groups excluding tert-OH is 4. The number of hydrogen-bond donors (Lipinski definition) is 6. The highest BCUT2D eigenvalue weighted by Gasteiger charge is 2.44. The quantitative estimate of drug-likeness (QED) is 0.210. The Kier molecular flexibility index (Phi) is 8.78. The Hall–Kier alpha value is -3.06. The van der Waals surface area contributed by atoms with E-state index in [9.17, 15) is 40.2 Å². The fourth-order valence-electron chi connectivity index (χ4n) is 3.91. The molecule has 0 amide bonds. The lowest BCUT2D eigenvalue weighted by Gasteiger charge is -2.39. The Bertz CT molecular complexity index is 1010. The van der Waals surface area contributed by atoms with Gasteiger partial charge in [-0.25, -0.2) is 9.59 Å². The van der Waals surface area contributed by atoms with Crippen LogP contribution in [0.3, 0.4) is 0 Å². The van der Waals surface area contributed by atoms with Crippen LogP contribution in [0.15, 0.2) is 53.1 Å². The van der Waals surface area contributed by atoms with Crippen LogP contribution in [0, 0.1) is 0 Å². The number of carboxylic acid groups (broad SMARTS) is 1. The van der Waals surface area contributed by atoms with Crippen molar-refractivity contribution in [1.29, 1.82) is 0 Å². The van der Waals surface area contributed by atoms with Gasteiger partial charge in [-0.15, -0.1) is 0 Å². The lowest BCUT2D eigenvalue weighted by Crippen LogP contribution is -2.59. The highest BCUT2D eigenvalue weighted by atomic mass is 16.7. The number of aliphatic carboxylic acids is 1. The second-order valence-corrected chi connectivity index (χ2v) is 8.21. The summed E-state index contributed by atoms with van der Waals surface area (Å²) in [7, 11) is 0. The van der Waals surface area contributed by atoms with Crippen molar-refractivity contribution in [3.8, 4) is 5.75 Å². The molecule has 1 saturated heterocycles. The summed E-state index contributed by atoms with van der Waals surface area (Å²) in [5.41, 5.74) is 1.32. The predicted molar refractivity (Wildman–Crippen MR) is 120 cm³/mol. The van der Waals surface area contributed by atoms with Crippen LogP contribution >= 0.6 is 0 Å². The molecule has 0 saturated carbocycles. The van der Waals surface area contributed by atoms with Gasteiger partial charge < -0.3 is 44.8 Å². The predicted octanol–water partition coefficient (Wildman–Crippen LogP) is -0.135. The van der Waals surface area contributed by atoms with Crippen molar-refractivity contribution in [3.63, 3.8) is 0 Å². The van der Waals surface area contributed by atoms with Crippen molar-refractivity contribution in [2.24, 2.45) is 0 Å². The second kappa shape index (κ2) is 11.6. The number of ether oxygens (including phenoxy) is 3. The zero-order valence-electron chi connectivity index (χ0n) is 18.9. The molecule has 0 bridgehead atoms. The summed E-state index contributed by atoms with van der Waals surface area (Å²) in [5.74, 6) is -1.83. The molecule has 0 aromatic heterocycles. The number of rotatable bonds is 8. The summed E-state index contributed by atoms with van der Waals surface area (Å²) >= 11 is 0. The first-order chi connectivity index (χ1) is 16.6. The van der Waals surface area contributed by atoms with E-state index in [0.717, 1.165) is 0 Å². The van der Waals surface area contributed by atoms with Gasteiger partial charge in [-0.1, -0.05) is 23.8 Å². The van der Waals surface area contributed by atoms with Crippen molar-refractivity contribution in [2.75, 3.05) is 13.2 Å². The highest BCUT2D eigenvalue weighted by molar-refractivity contribution is 5.95. The highest BCUT2D eigenvalue weighted by Crippen LogP contribution is 2.34. The summed E-state index contributed by atoms with van der Waals surface area (Å²) in [5, 5.41) is 58.0. The normalized spacial score (nSPS) is 30.3. The van der Waals surface area contributed by atoms with Crippen LogP contribution in [0.4, 0.5) is 0 Å². The number of phenols is 1. The Labute approximate surface area is 200 Å². The molecule has 6 N–H and O–H groups in total. The van der Waals surface area contributed by atoms with Crippen molar-refractivity contribution in [2.45, 2.75) is 50.2 Å². The van der Waals surface area contributed by atoms with Gasteiger partial charge in [-0.05, 0) is 30.7 Å². The first-order valence-electron chi connectivity index (χ1n) is 10.9. The molecule has 0 radical (unpaired) electrons. The molecule has 6 atom stereocenters. The van der Waals surface area contributed by atoms with Gasteiger partial charge in [0.1, 0.15) is 36.3 Å². The van der Waals surface area contributed by atoms with E-state index in [2.05, 4.69) is 0 Å². The van der Waals surface area contributed by atoms with Gasteiger partial charge >= 0.3 is 11.9 Å². The molecule has 1 aliphatic heterocycles. The molecule has 11 nitrogen and oxygen atoms in total. The van der Waals surface area contributed by atoms with Crippen LogP contribution < -0.4 is 0 Å². The Morgan fingerprint density at radius 1 is 1.11 bits per heavy atom. The van der Waals surface area contributed by atoms with E-state index >= 15 is 0 Å². The molecular formula is C24H28O11. The van der Waals surface area contributed by atoms with Gasteiger partial charge in [0.25, 0.3) is 0 Å². The van der Waals surface area contributed by atoms with Crippen LogP contribution in [0.2, 0.25) is 0 Å². The fraction of sp³-hybridized carbons (Fsp3) is 0.417. The number of hydrogen-bond acceptors (Lipinski definition) is 10. The molecule has 190 valence electrons. The SMILES string of the molecule is CC1=C(C(=O)O)C(=CCO[C@H]2O[C@H](CO)[C@@H](O)[C@H](O)[C@H]2O)[C@@H](OC(=O)C=Cc2ccc(O)cc2)C1. The van der Waals surface area contributed by atoms with Gasteiger partial charge in [0.05, 0.1) is 18.8 Å². The molecule has 2 aliphatic rings. The Morgan fingerprint density at radius 3 is 2.43 bits per heavy atom. The van der Waals surface area contributed by atoms with Gasteiger partial charge in [-0.3, -0.25) is 0 Å². The maximum atomic E-state index is 12.4. The number of carbonyl (C=O) groups excluding carboxylic acids is 1. The number of carbonyl (C=O) groups is 2. The van der Waals surface area contributed by atoms with Crippen LogP contribution in [0.5, 0.6) is 5.75 Å². The average Bonchev–Trinajstić information content (AvgIpc) is 3.13. The van der Waals surface area contributed by atoms with Gasteiger partial charge in [-0.2, -0.15) is 0 Å². The van der Waals surface area contributed by atoms with Crippen molar-refractivity contribution in [1.82, 2.24) is 0 Å². The third-order valence-electron chi connectivity index (χ3n) is 5.74. The molecule has 0 spiro atoms. The van der Waals surface area contributed by atoms with Crippen LogP contribution in [0.1, 0.15) is 18.9 Å². The van der Waals surface area contributed by atoms with E-state index in [1.165, 1.54) is 30.4 Å². The van der Waals surface area contributed by atoms with E-state index in [1.54, 1.807) is 19.1 Å². The molecule has 1 aromatic carbocycles.